The van der Waals surface area contributed by atoms with E-state index in [2.05, 4.69) is 15.4 Å². The molecule has 1 unspecified atom stereocenters. The average Bonchev–Trinajstić information content (AvgIpc) is 2.60. The minimum atomic E-state index is -0.720. The number of Topliss-reactive ketones (excluding diaryl/α,β-unsaturated/α-hetero) is 1. The van der Waals surface area contributed by atoms with Gasteiger partial charge in [0.05, 0.1) is 6.04 Å². The van der Waals surface area contributed by atoms with Crippen molar-refractivity contribution in [1.82, 2.24) is 20.1 Å². The Labute approximate surface area is 106 Å². The molecule has 0 radical (unpaired) electrons. The largest absolute Gasteiger partial charge is 0.444 e. The third-order valence-electron chi connectivity index (χ3n) is 2.06. The summed E-state index contributed by atoms with van der Waals surface area (Å²) in [5.74, 6) is -0.126. The Kier molecular flexibility index (Phi) is 4.05. The molecule has 0 aromatic carbocycles. The number of alkyl carbamates (subject to hydrolysis) is 1. The Morgan fingerprint density at radius 2 is 2.06 bits per heavy atom. The Balaban J connectivity index is 2.61. The molecule has 18 heavy (non-hydrogen) atoms. The van der Waals surface area contributed by atoms with Gasteiger partial charge in [-0.1, -0.05) is 0 Å². The van der Waals surface area contributed by atoms with E-state index in [1.165, 1.54) is 11.0 Å². The van der Waals surface area contributed by atoms with Crippen molar-refractivity contribution in [2.75, 3.05) is 0 Å². The number of carbonyl (C=O) groups is 2. The van der Waals surface area contributed by atoms with E-state index in [1.54, 1.807) is 34.7 Å². The first-order chi connectivity index (χ1) is 8.20. The molecular weight excluding hydrogens is 236 g/mol. The van der Waals surface area contributed by atoms with Crippen LogP contribution in [0.25, 0.3) is 0 Å². The van der Waals surface area contributed by atoms with Gasteiger partial charge in [-0.05, 0) is 27.7 Å². The summed E-state index contributed by atoms with van der Waals surface area (Å²) >= 11 is 0. The average molecular weight is 254 g/mol. The van der Waals surface area contributed by atoms with Gasteiger partial charge in [-0.3, -0.25) is 4.79 Å². The second-order valence-corrected chi connectivity index (χ2v) is 4.94. The first-order valence-electron chi connectivity index (χ1n) is 5.58. The fourth-order valence-electron chi connectivity index (χ4n) is 1.26. The summed E-state index contributed by atoms with van der Waals surface area (Å²) in [6, 6.07) is -0.720. The van der Waals surface area contributed by atoms with E-state index >= 15 is 0 Å². The molecule has 1 rings (SSSR count). The number of nitrogens with one attached hydrogen (secondary N) is 1. The predicted octanol–water partition coefficient (Wildman–Crippen LogP) is 0.911. The van der Waals surface area contributed by atoms with Crippen LogP contribution in [0.2, 0.25) is 0 Å². The van der Waals surface area contributed by atoms with Gasteiger partial charge in [-0.15, -0.1) is 0 Å². The highest BCUT2D eigenvalue weighted by atomic mass is 16.6. The highest BCUT2D eigenvalue weighted by molar-refractivity contribution is 5.98. The minimum Gasteiger partial charge on any atom is -0.444 e. The van der Waals surface area contributed by atoms with E-state index < -0.39 is 17.7 Å². The molecule has 0 fully saturated rings. The smallest absolute Gasteiger partial charge is 0.408 e. The Bertz CT molecular complexity index is 447. The van der Waals surface area contributed by atoms with Gasteiger partial charge in [0.15, 0.2) is 5.82 Å². The van der Waals surface area contributed by atoms with Gasteiger partial charge in [0.2, 0.25) is 5.78 Å². The van der Waals surface area contributed by atoms with Crippen LogP contribution in [0.15, 0.2) is 6.33 Å². The molecule has 1 aromatic rings. The number of amides is 1. The number of rotatable bonds is 3. The molecule has 0 saturated heterocycles. The lowest BCUT2D eigenvalue weighted by molar-refractivity contribution is 0.0495. The topological polar surface area (TPSA) is 86.1 Å². The summed E-state index contributed by atoms with van der Waals surface area (Å²) in [5, 5.41) is 6.26. The molecule has 1 atom stereocenters. The Morgan fingerprint density at radius 3 is 2.50 bits per heavy atom. The SMILES string of the molecule is CC(NC(=O)OC(C)(C)C)C(=O)c1ncnn1C. The molecule has 0 aliphatic heterocycles. The van der Waals surface area contributed by atoms with Crippen molar-refractivity contribution in [1.29, 1.82) is 0 Å². The third kappa shape index (κ3) is 3.83. The molecule has 1 N–H and O–H groups in total. The van der Waals surface area contributed by atoms with Crippen LogP contribution in [0.5, 0.6) is 0 Å². The van der Waals surface area contributed by atoms with Crippen LogP contribution >= 0.6 is 0 Å². The predicted molar refractivity (Wildman–Crippen MR) is 64.2 cm³/mol. The van der Waals surface area contributed by atoms with Crippen LogP contribution in [0.1, 0.15) is 38.3 Å². The van der Waals surface area contributed by atoms with Crippen LogP contribution in [0, 0.1) is 0 Å². The molecule has 1 aromatic heterocycles. The number of hydrogen-bond acceptors (Lipinski definition) is 5. The maximum absolute atomic E-state index is 11.9. The first-order valence-corrected chi connectivity index (χ1v) is 5.58. The van der Waals surface area contributed by atoms with E-state index in [9.17, 15) is 9.59 Å². The fraction of sp³-hybridized carbons (Fsp3) is 0.636. The molecular formula is C11H18N4O3. The number of hydrogen-bond donors (Lipinski definition) is 1. The lowest BCUT2D eigenvalue weighted by Crippen LogP contribution is -2.42. The van der Waals surface area contributed by atoms with E-state index in [4.69, 9.17) is 4.74 Å². The minimum absolute atomic E-state index is 0.193. The van der Waals surface area contributed by atoms with Crippen molar-refractivity contribution in [2.45, 2.75) is 39.3 Å². The highest BCUT2D eigenvalue weighted by Crippen LogP contribution is 2.07. The second kappa shape index (κ2) is 5.16. The fourth-order valence-corrected chi connectivity index (χ4v) is 1.26. The van der Waals surface area contributed by atoms with Crippen molar-refractivity contribution < 1.29 is 14.3 Å². The highest BCUT2D eigenvalue weighted by Gasteiger charge is 2.24. The normalized spacial score (nSPS) is 12.9. The standard InChI is InChI=1S/C11H18N4O3/c1-7(14-10(17)18-11(2,3)4)8(16)9-12-6-13-15(9)5/h6-7H,1-5H3,(H,14,17). The number of aromatic nitrogens is 3. The van der Waals surface area contributed by atoms with Crippen molar-refractivity contribution in [3.8, 4) is 0 Å². The summed E-state index contributed by atoms with van der Waals surface area (Å²) in [4.78, 5) is 27.3. The summed E-state index contributed by atoms with van der Waals surface area (Å²) in [6.45, 7) is 6.83. The lowest BCUT2D eigenvalue weighted by Gasteiger charge is -2.21. The van der Waals surface area contributed by atoms with Gasteiger partial charge in [-0.25, -0.2) is 14.5 Å². The van der Waals surface area contributed by atoms with Gasteiger partial charge >= 0.3 is 6.09 Å². The maximum atomic E-state index is 11.9. The van der Waals surface area contributed by atoms with Crippen molar-refractivity contribution >= 4 is 11.9 Å². The Hall–Kier alpha value is -1.92. The van der Waals surface area contributed by atoms with Crippen LogP contribution < -0.4 is 5.32 Å². The number of nitrogens with zero attached hydrogens (tertiary/aromatic N) is 3. The van der Waals surface area contributed by atoms with Gasteiger partial charge in [0.25, 0.3) is 0 Å². The van der Waals surface area contributed by atoms with E-state index in [0.717, 1.165) is 0 Å². The lowest BCUT2D eigenvalue weighted by atomic mass is 10.2. The molecule has 0 aliphatic carbocycles. The van der Waals surface area contributed by atoms with Crippen LogP contribution in [0.4, 0.5) is 4.79 Å². The summed E-state index contributed by atoms with van der Waals surface area (Å²) < 4.78 is 6.42. The quantitative estimate of drug-likeness (QED) is 0.810. The van der Waals surface area contributed by atoms with Crippen molar-refractivity contribution in [3.63, 3.8) is 0 Å². The zero-order valence-corrected chi connectivity index (χ0v) is 11.2. The van der Waals surface area contributed by atoms with E-state index in [1.807, 2.05) is 0 Å². The van der Waals surface area contributed by atoms with Crippen molar-refractivity contribution in [3.05, 3.63) is 12.2 Å². The molecule has 7 nitrogen and oxygen atoms in total. The molecule has 0 saturated carbocycles. The summed E-state index contributed by atoms with van der Waals surface area (Å²) in [5.41, 5.74) is -0.600. The van der Waals surface area contributed by atoms with Crippen LogP contribution in [0.3, 0.4) is 0 Å². The second-order valence-electron chi connectivity index (χ2n) is 4.94. The van der Waals surface area contributed by atoms with Crippen LogP contribution in [-0.4, -0.2) is 38.3 Å². The number of ketones is 1. The number of ether oxygens (including phenoxy) is 1. The zero-order chi connectivity index (χ0) is 13.9. The first kappa shape index (κ1) is 14.1. The van der Waals surface area contributed by atoms with E-state index in [0.29, 0.717) is 0 Å². The van der Waals surface area contributed by atoms with Crippen LogP contribution in [-0.2, 0) is 11.8 Å². The molecule has 100 valence electrons. The molecule has 0 bridgehead atoms. The number of carbonyl (C=O) groups excluding carboxylic acids is 2. The van der Waals surface area contributed by atoms with E-state index in [-0.39, 0.29) is 11.6 Å². The zero-order valence-electron chi connectivity index (χ0n) is 11.2. The third-order valence-corrected chi connectivity index (χ3v) is 2.06. The molecule has 0 aliphatic rings. The van der Waals surface area contributed by atoms with Gasteiger partial charge in [0.1, 0.15) is 11.9 Å². The van der Waals surface area contributed by atoms with Gasteiger partial charge in [-0.2, -0.15) is 5.10 Å². The molecule has 1 heterocycles. The van der Waals surface area contributed by atoms with Gasteiger partial charge < -0.3 is 10.1 Å². The monoisotopic (exact) mass is 254 g/mol. The van der Waals surface area contributed by atoms with Gasteiger partial charge in [0, 0.05) is 7.05 Å². The molecule has 1 amide bonds. The maximum Gasteiger partial charge on any atom is 0.408 e. The Morgan fingerprint density at radius 1 is 1.44 bits per heavy atom. The molecule has 7 heteroatoms. The molecule has 0 spiro atoms. The summed E-state index contributed by atoms with van der Waals surface area (Å²) in [7, 11) is 1.61. The number of aryl methyl sites for hydroxylation is 1. The summed E-state index contributed by atoms with van der Waals surface area (Å²) in [6.07, 6.45) is 0.651. The van der Waals surface area contributed by atoms with Crippen molar-refractivity contribution in [2.24, 2.45) is 7.05 Å².